The summed E-state index contributed by atoms with van der Waals surface area (Å²) in [6.45, 7) is 14.1. The molecule has 2 heteroatoms. The van der Waals surface area contributed by atoms with Gasteiger partial charge in [0.2, 0.25) is 6.79 Å². The topological polar surface area (TPSA) is 18.5 Å². The van der Waals surface area contributed by atoms with Crippen molar-refractivity contribution in [3.8, 4) is 0 Å². The zero-order valence-corrected chi connectivity index (χ0v) is 10.2. The Hall–Kier alpha value is -0.920. The molecular formula is C12H24O2. The van der Waals surface area contributed by atoms with Gasteiger partial charge in [0.15, 0.2) is 5.76 Å². The first-order valence-electron chi connectivity index (χ1n) is 5.49. The average molecular weight is 200 g/mol. The highest BCUT2D eigenvalue weighted by molar-refractivity contribution is 5.15. The molecule has 0 spiro atoms. The molecule has 0 aromatic heterocycles. The smallest absolute Gasteiger partial charge is 0.230 e. The summed E-state index contributed by atoms with van der Waals surface area (Å²) in [7, 11) is 0. The average Bonchev–Trinajstić information content (AvgIpc) is 2.72. The highest BCUT2D eigenvalue weighted by Crippen LogP contribution is 2.20. The summed E-state index contributed by atoms with van der Waals surface area (Å²) in [5, 5.41) is 0. The number of hydrogen-bond donors (Lipinski definition) is 0. The predicted molar refractivity (Wildman–Crippen MR) is 61.9 cm³/mol. The molecule has 0 aromatic rings. The van der Waals surface area contributed by atoms with Gasteiger partial charge in [-0.05, 0) is 12.5 Å². The summed E-state index contributed by atoms with van der Waals surface area (Å²) in [4.78, 5) is 0. The van der Waals surface area contributed by atoms with Crippen molar-refractivity contribution in [2.24, 2.45) is 0 Å². The molecule has 0 fully saturated rings. The van der Waals surface area contributed by atoms with Crippen LogP contribution in [0.3, 0.4) is 0 Å². The molecule has 1 heterocycles. The van der Waals surface area contributed by atoms with Crippen molar-refractivity contribution in [3.63, 3.8) is 0 Å². The van der Waals surface area contributed by atoms with Crippen LogP contribution in [0.25, 0.3) is 0 Å². The number of hydrogen-bond acceptors (Lipinski definition) is 2. The van der Waals surface area contributed by atoms with Crippen LogP contribution in [0.2, 0.25) is 0 Å². The van der Waals surface area contributed by atoms with Crippen LogP contribution in [-0.2, 0) is 9.47 Å². The molecule has 2 nitrogen and oxygen atoms in total. The molecule has 0 radical (unpaired) electrons. The van der Waals surface area contributed by atoms with E-state index in [0.717, 1.165) is 24.4 Å². The van der Waals surface area contributed by atoms with Gasteiger partial charge in [-0.25, -0.2) is 0 Å². The van der Waals surface area contributed by atoms with E-state index in [1.165, 1.54) is 0 Å². The fourth-order valence-corrected chi connectivity index (χ4v) is 0.911. The normalized spacial score (nSPS) is 12.6. The molecule has 0 aliphatic carbocycles. The maximum Gasteiger partial charge on any atom is 0.230 e. The third-order valence-electron chi connectivity index (χ3n) is 1.38. The first-order valence-corrected chi connectivity index (χ1v) is 5.49. The minimum Gasteiger partial charge on any atom is -0.458 e. The lowest BCUT2D eigenvalue weighted by Crippen LogP contribution is -1.84. The van der Waals surface area contributed by atoms with Gasteiger partial charge < -0.3 is 9.47 Å². The monoisotopic (exact) mass is 200 g/mol. The van der Waals surface area contributed by atoms with E-state index in [1.54, 1.807) is 6.08 Å². The molecule has 14 heavy (non-hydrogen) atoms. The van der Waals surface area contributed by atoms with Gasteiger partial charge in [0, 0.05) is 6.42 Å². The molecule has 0 unspecified atom stereocenters. The molecule has 0 aromatic carbocycles. The molecule has 0 atom stereocenters. The van der Waals surface area contributed by atoms with Crippen molar-refractivity contribution in [1.29, 1.82) is 0 Å². The Kier molecular flexibility index (Phi) is 13.4. The Balaban J connectivity index is 0. The lowest BCUT2D eigenvalue weighted by Gasteiger charge is -1.96. The van der Waals surface area contributed by atoms with Gasteiger partial charge in [-0.15, -0.1) is 0 Å². The quantitative estimate of drug-likeness (QED) is 0.678. The third-order valence-corrected chi connectivity index (χ3v) is 1.38. The molecule has 0 saturated carbocycles. The molecule has 0 saturated heterocycles. The van der Waals surface area contributed by atoms with Crippen LogP contribution >= 0.6 is 0 Å². The zero-order chi connectivity index (χ0) is 11.4. The van der Waals surface area contributed by atoms with Gasteiger partial charge in [-0.2, -0.15) is 0 Å². The maximum atomic E-state index is 5.18. The van der Waals surface area contributed by atoms with E-state index in [4.69, 9.17) is 9.47 Å². The summed E-state index contributed by atoms with van der Waals surface area (Å²) in [6.07, 6.45) is 3.72. The van der Waals surface area contributed by atoms with Crippen molar-refractivity contribution < 1.29 is 9.47 Å². The van der Waals surface area contributed by atoms with Crippen LogP contribution in [0.1, 0.15) is 47.5 Å². The number of ether oxygens (including phenoxy) is 2. The van der Waals surface area contributed by atoms with E-state index in [9.17, 15) is 0 Å². The molecule has 1 aliphatic rings. The summed E-state index contributed by atoms with van der Waals surface area (Å²) in [5.74, 6) is 1.75. The first kappa shape index (κ1) is 15.5. The number of allylic oxidation sites excluding steroid dienone is 2. The fourth-order valence-electron chi connectivity index (χ4n) is 0.911. The van der Waals surface area contributed by atoms with Crippen LogP contribution in [-0.4, -0.2) is 6.79 Å². The van der Waals surface area contributed by atoms with Gasteiger partial charge in [-0.3, -0.25) is 0 Å². The van der Waals surface area contributed by atoms with Crippen LogP contribution in [0.4, 0.5) is 0 Å². The van der Waals surface area contributed by atoms with Gasteiger partial charge >= 0.3 is 0 Å². The third kappa shape index (κ3) is 5.68. The molecular weight excluding hydrogens is 176 g/mol. The van der Waals surface area contributed by atoms with Crippen LogP contribution in [0.15, 0.2) is 24.2 Å². The molecule has 1 rings (SSSR count). The molecule has 0 bridgehead atoms. The largest absolute Gasteiger partial charge is 0.458 e. The maximum absolute atomic E-state index is 5.18. The molecule has 1 aliphatic heterocycles. The Bertz CT molecular complexity index is 160. The summed E-state index contributed by atoms with van der Waals surface area (Å²) in [5.41, 5.74) is 0. The van der Waals surface area contributed by atoms with Crippen LogP contribution in [0.5, 0.6) is 0 Å². The number of rotatable bonds is 3. The minimum absolute atomic E-state index is 0.358. The Morgan fingerprint density at radius 2 is 1.79 bits per heavy atom. The van der Waals surface area contributed by atoms with E-state index in [-0.39, 0.29) is 0 Å². The van der Waals surface area contributed by atoms with Crippen LogP contribution in [0, 0.1) is 0 Å². The summed E-state index contributed by atoms with van der Waals surface area (Å²) >= 11 is 0. The minimum atomic E-state index is 0.358. The van der Waals surface area contributed by atoms with Crippen molar-refractivity contribution >= 4 is 0 Å². The van der Waals surface area contributed by atoms with E-state index in [0.29, 0.717) is 6.79 Å². The van der Waals surface area contributed by atoms with Crippen molar-refractivity contribution in [2.75, 3.05) is 6.79 Å². The van der Waals surface area contributed by atoms with E-state index in [2.05, 4.69) is 13.5 Å². The predicted octanol–water partition coefficient (Wildman–Crippen LogP) is 4.24. The fraction of sp³-hybridized carbons (Fsp3) is 0.667. The Labute approximate surface area is 88.6 Å². The Morgan fingerprint density at radius 3 is 2.21 bits per heavy atom. The second kappa shape index (κ2) is 12.1. The van der Waals surface area contributed by atoms with Gasteiger partial charge in [0.05, 0.1) is 0 Å². The van der Waals surface area contributed by atoms with Gasteiger partial charge in [0.1, 0.15) is 5.76 Å². The summed E-state index contributed by atoms with van der Waals surface area (Å²) in [6, 6.07) is 0. The molecule has 0 N–H and O–H groups in total. The van der Waals surface area contributed by atoms with Gasteiger partial charge in [0.25, 0.3) is 0 Å². The Morgan fingerprint density at radius 1 is 1.21 bits per heavy atom. The highest BCUT2D eigenvalue weighted by Gasteiger charge is 2.12. The summed E-state index contributed by atoms with van der Waals surface area (Å²) < 4.78 is 10.3. The lowest BCUT2D eigenvalue weighted by molar-refractivity contribution is 0.0720. The van der Waals surface area contributed by atoms with Gasteiger partial charge in [-0.1, -0.05) is 41.2 Å². The van der Waals surface area contributed by atoms with E-state index < -0.39 is 0 Å². The lowest BCUT2D eigenvalue weighted by atomic mass is 10.2. The molecule has 84 valence electrons. The molecule has 0 amide bonds. The standard InChI is InChI=1S/C8H12O2.2C2H6/c1-3-5-8-7(4-2)9-6-10-8;2*1-2/h4H,2-3,5-6H2,1H3;2*1-2H3. The van der Waals surface area contributed by atoms with E-state index >= 15 is 0 Å². The van der Waals surface area contributed by atoms with Crippen molar-refractivity contribution in [3.05, 3.63) is 24.2 Å². The first-order chi connectivity index (χ1) is 6.88. The van der Waals surface area contributed by atoms with Crippen LogP contribution < -0.4 is 0 Å². The second-order valence-electron chi connectivity index (χ2n) is 2.15. The second-order valence-corrected chi connectivity index (χ2v) is 2.15. The van der Waals surface area contributed by atoms with Crippen molar-refractivity contribution in [2.45, 2.75) is 47.5 Å². The van der Waals surface area contributed by atoms with Crippen molar-refractivity contribution in [1.82, 2.24) is 0 Å². The SMILES string of the molecule is C=CC1=C(CCC)OCO1.CC.CC. The van der Waals surface area contributed by atoms with E-state index in [1.807, 2.05) is 27.7 Å². The zero-order valence-electron chi connectivity index (χ0n) is 10.2. The highest BCUT2D eigenvalue weighted by atomic mass is 16.7.